The van der Waals surface area contributed by atoms with E-state index < -0.39 is 0 Å². The molecule has 1 unspecified atom stereocenters. The first-order chi connectivity index (χ1) is 6.24. The summed E-state index contributed by atoms with van der Waals surface area (Å²) in [5.74, 6) is 5.45. The molecule has 72 valence electrons. The number of thiazole rings is 1. The van der Waals surface area contributed by atoms with E-state index in [4.69, 9.17) is 5.84 Å². The molecule has 0 bridgehead atoms. The van der Waals surface area contributed by atoms with Crippen LogP contribution in [0, 0.1) is 0 Å². The van der Waals surface area contributed by atoms with Crippen LogP contribution in [0.1, 0.15) is 30.7 Å². The van der Waals surface area contributed by atoms with Gasteiger partial charge in [0.25, 0.3) is 0 Å². The number of hydrogen-bond donors (Lipinski definition) is 2. The molecule has 0 aliphatic heterocycles. The summed E-state index contributed by atoms with van der Waals surface area (Å²) in [6, 6.07) is 0.212. The second-order valence-corrected chi connectivity index (χ2v) is 4.04. The quantitative estimate of drug-likeness (QED) is 0.431. The molecule has 0 radical (unpaired) electrons. The third kappa shape index (κ3) is 3.26. The number of aromatic nitrogens is 1. The third-order valence-electron chi connectivity index (χ3n) is 1.86. The Hall–Kier alpha value is -0.710. The summed E-state index contributed by atoms with van der Waals surface area (Å²) in [6.07, 6.45) is 3.83. The summed E-state index contributed by atoms with van der Waals surface area (Å²) in [4.78, 5) is 5.20. The molecule has 13 heavy (non-hydrogen) atoms. The Kier molecular flexibility index (Phi) is 4.08. The van der Waals surface area contributed by atoms with Gasteiger partial charge >= 0.3 is 0 Å². The minimum absolute atomic E-state index is 0.212. The van der Waals surface area contributed by atoms with E-state index in [1.165, 1.54) is 10.5 Å². The average Bonchev–Trinajstić information content (AvgIpc) is 2.58. The predicted octanol–water partition coefficient (Wildman–Crippen LogP) is 2.00. The van der Waals surface area contributed by atoms with Crippen molar-refractivity contribution in [3.8, 4) is 0 Å². The van der Waals surface area contributed by atoms with E-state index in [1.54, 1.807) is 11.3 Å². The Morgan fingerprint density at radius 3 is 3.08 bits per heavy atom. The molecule has 4 heteroatoms. The predicted molar refractivity (Wildman–Crippen MR) is 56.2 cm³/mol. The molecule has 1 rings (SSSR count). The van der Waals surface area contributed by atoms with Crippen molar-refractivity contribution in [1.29, 1.82) is 0 Å². The number of nitrogens with zero attached hydrogens (tertiary/aromatic N) is 1. The van der Waals surface area contributed by atoms with E-state index in [0.29, 0.717) is 0 Å². The molecule has 0 amide bonds. The Morgan fingerprint density at radius 1 is 1.85 bits per heavy atom. The van der Waals surface area contributed by atoms with E-state index in [1.807, 2.05) is 18.6 Å². The number of rotatable bonds is 5. The molecule has 3 nitrogen and oxygen atoms in total. The zero-order valence-corrected chi connectivity index (χ0v) is 8.60. The van der Waals surface area contributed by atoms with E-state index in [9.17, 15) is 0 Å². The second-order valence-electron chi connectivity index (χ2n) is 3.12. The summed E-state index contributed by atoms with van der Waals surface area (Å²) in [5.41, 5.74) is 5.79. The van der Waals surface area contributed by atoms with Crippen molar-refractivity contribution in [2.45, 2.75) is 25.8 Å². The van der Waals surface area contributed by atoms with Gasteiger partial charge in [0.15, 0.2) is 0 Å². The smallest absolute Gasteiger partial charge is 0.0794 e. The zero-order chi connectivity index (χ0) is 9.68. The topological polar surface area (TPSA) is 50.9 Å². The maximum absolute atomic E-state index is 5.45. The molecule has 0 aliphatic rings. The summed E-state index contributed by atoms with van der Waals surface area (Å²) < 4.78 is 0. The van der Waals surface area contributed by atoms with Crippen LogP contribution in [0.2, 0.25) is 0 Å². The van der Waals surface area contributed by atoms with E-state index in [-0.39, 0.29) is 6.04 Å². The zero-order valence-electron chi connectivity index (χ0n) is 7.79. The normalized spacial score (nSPS) is 12.8. The number of hydrogen-bond acceptors (Lipinski definition) is 4. The Balaban J connectivity index is 2.49. The molecule has 1 atom stereocenters. The summed E-state index contributed by atoms with van der Waals surface area (Å²) in [7, 11) is 0. The van der Waals surface area contributed by atoms with Crippen molar-refractivity contribution in [2.75, 3.05) is 0 Å². The van der Waals surface area contributed by atoms with E-state index in [2.05, 4.69) is 17.0 Å². The lowest BCUT2D eigenvalue weighted by molar-refractivity contribution is 0.522. The molecule has 0 saturated carbocycles. The van der Waals surface area contributed by atoms with Gasteiger partial charge in [0.05, 0.1) is 11.6 Å². The van der Waals surface area contributed by atoms with Crippen LogP contribution in [0.3, 0.4) is 0 Å². The SMILES string of the molecule is C=C(C)CCC(NN)c1cncs1. The van der Waals surface area contributed by atoms with Gasteiger partial charge in [-0.1, -0.05) is 5.57 Å². The van der Waals surface area contributed by atoms with E-state index in [0.717, 1.165) is 12.8 Å². The second kappa shape index (κ2) is 5.11. The highest BCUT2D eigenvalue weighted by Crippen LogP contribution is 2.22. The van der Waals surface area contributed by atoms with Crippen LogP contribution in [0.5, 0.6) is 0 Å². The third-order valence-corrected chi connectivity index (χ3v) is 2.75. The fraction of sp³-hybridized carbons (Fsp3) is 0.444. The first-order valence-corrected chi connectivity index (χ1v) is 5.11. The molecule has 0 saturated heterocycles. The van der Waals surface area contributed by atoms with Gasteiger partial charge in [-0.05, 0) is 19.8 Å². The van der Waals surface area contributed by atoms with Crippen molar-refractivity contribution in [2.24, 2.45) is 5.84 Å². The average molecular weight is 197 g/mol. The molecular weight excluding hydrogens is 182 g/mol. The lowest BCUT2D eigenvalue weighted by Crippen LogP contribution is -2.27. The van der Waals surface area contributed by atoms with Crippen molar-refractivity contribution < 1.29 is 0 Å². The Morgan fingerprint density at radius 2 is 2.62 bits per heavy atom. The highest BCUT2D eigenvalue weighted by atomic mass is 32.1. The summed E-state index contributed by atoms with van der Waals surface area (Å²) in [6.45, 7) is 5.89. The fourth-order valence-electron chi connectivity index (χ4n) is 1.10. The first kappa shape index (κ1) is 10.4. The van der Waals surface area contributed by atoms with Gasteiger partial charge in [-0.2, -0.15) is 0 Å². The standard InChI is InChI=1S/C9H15N3S/c1-7(2)3-4-8(12-10)9-5-11-6-13-9/h5-6,8,12H,1,3-4,10H2,2H3. The molecule has 1 aromatic rings. The van der Waals surface area contributed by atoms with E-state index >= 15 is 0 Å². The molecule has 1 aromatic heterocycles. The highest BCUT2D eigenvalue weighted by molar-refractivity contribution is 7.09. The largest absolute Gasteiger partial charge is 0.271 e. The fourth-order valence-corrected chi connectivity index (χ4v) is 1.81. The Bertz CT molecular complexity index is 256. The first-order valence-electron chi connectivity index (χ1n) is 4.23. The lowest BCUT2D eigenvalue weighted by Gasteiger charge is -2.12. The minimum Gasteiger partial charge on any atom is -0.271 e. The molecule has 3 N–H and O–H groups in total. The number of nitrogens with two attached hydrogens (primary N) is 1. The van der Waals surface area contributed by atoms with Crippen molar-refractivity contribution in [3.63, 3.8) is 0 Å². The molecule has 0 spiro atoms. The van der Waals surface area contributed by atoms with Gasteiger partial charge in [0.1, 0.15) is 0 Å². The maximum atomic E-state index is 5.45. The van der Waals surface area contributed by atoms with Crippen LogP contribution in [0.15, 0.2) is 23.9 Å². The number of nitrogens with one attached hydrogen (secondary N) is 1. The molecular formula is C9H15N3S. The Labute approximate surface area is 82.7 Å². The lowest BCUT2D eigenvalue weighted by atomic mass is 10.1. The van der Waals surface area contributed by atoms with Crippen LogP contribution in [-0.4, -0.2) is 4.98 Å². The van der Waals surface area contributed by atoms with Crippen LogP contribution in [0.25, 0.3) is 0 Å². The van der Waals surface area contributed by atoms with Crippen LogP contribution < -0.4 is 11.3 Å². The molecule has 0 aromatic carbocycles. The van der Waals surface area contributed by atoms with Crippen LogP contribution >= 0.6 is 11.3 Å². The summed E-state index contributed by atoms with van der Waals surface area (Å²) >= 11 is 1.62. The van der Waals surface area contributed by atoms with Gasteiger partial charge in [-0.3, -0.25) is 16.3 Å². The van der Waals surface area contributed by atoms with Crippen LogP contribution in [0.4, 0.5) is 0 Å². The summed E-state index contributed by atoms with van der Waals surface area (Å²) in [5, 5.41) is 0. The monoisotopic (exact) mass is 197 g/mol. The van der Waals surface area contributed by atoms with Gasteiger partial charge in [-0.25, -0.2) is 0 Å². The molecule has 0 aliphatic carbocycles. The van der Waals surface area contributed by atoms with Crippen molar-refractivity contribution in [3.05, 3.63) is 28.7 Å². The van der Waals surface area contributed by atoms with Gasteiger partial charge in [-0.15, -0.1) is 17.9 Å². The van der Waals surface area contributed by atoms with Crippen molar-refractivity contribution in [1.82, 2.24) is 10.4 Å². The van der Waals surface area contributed by atoms with Crippen molar-refractivity contribution >= 4 is 11.3 Å². The van der Waals surface area contributed by atoms with Gasteiger partial charge < -0.3 is 0 Å². The van der Waals surface area contributed by atoms with Gasteiger partial charge in [0, 0.05) is 11.1 Å². The van der Waals surface area contributed by atoms with Gasteiger partial charge in [0.2, 0.25) is 0 Å². The van der Waals surface area contributed by atoms with Crippen LogP contribution in [-0.2, 0) is 0 Å². The maximum Gasteiger partial charge on any atom is 0.0794 e. The molecule has 1 heterocycles. The molecule has 0 fully saturated rings. The minimum atomic E-state index is 0.212. The highest BCUT2D eigenvalue weighted by Gasteiger charge is 2.10. The number of allylic oxidation sites excluding steroid dienone is 1. The number of hydrazine groups is 1.